The first kappa shape index (κ1) is 22.7. The van der Waals surface area contributed by atoms with E-state index in [-0.39, 0.29) is 0 Å². The van der Waals surface area contributed by atoms with Gasteiger partial charge in [0.15, 0.2) is 0 Å². The molecule has 0 aliphatic heterocycles. The zero-order valence-corrected chi connectivity index (χ0v) is 17.2. The molecule has 0 aliphatic rings. The van der Waals surface area contributed by atoms with Gasteiger partial charge in [-0.2, -0.15) is 23.5 Å². The molecule has 134 valence electrons. The van der Waals surface area contributed by atoms with E-state index in [9.17, 15) is 0 Å². The van der Waals surface area contributed by atoms with E-state index in [1.54, 1.807) is 0 Å². The van der Waals surface area contributed by atoms with Crippen LogP contribution in [0, 0.1) is 0 Å². The monoisotopic (exact) mass is 346 g/mol. The first-order chi connectivity index (χ1) is 10.9. The van der Waals surface area contributed by atoms with Gasteiger partial charge in [0, 0.05) is 0 Å². The molecule has 0 atom stereocenters. The van der Waals surface area contributed by atoms with Crippen LogP contribution in [0.4, 0.5) is 0 Å². The van der Waals surface area contributed by atoms with Gasteiger partial charge in [0.2, 0.25) is 0 Å². The van der Waals surface area contributed by atoms with Crippen LogP contribution in [0.1, 0.15) is 104 Å². The molecule has 0 aromatic heterocycles. The first-order valence-electron chi connectivity index (χ1n) is 10.1. The zero-order chi connectivity index (χ0) is 16.1. The third-order valence-corrected chi connectivity index (χ3v) is 6.42. The van der Waals surface area contributed by atoms with E-state index in [4.69, 9.17) is 0 Å². The summed E-state index contributed by atoms with van der Waals surface area (Å²) in [6.45, 7) is 4.58. The molecule has 0 heterocycles. The molecule has 0 radical (unpaired) electrons. The summed E-state index contributed by atoms with van der Waals surface area (Å²) in [6, 6.07) is 0. The second kappa shape index (κ2) is 21.7. The molecule has 0 aromatic rings. The summed E-state index contributed by atoms with van der Waals surface area (Å²) < 4.78 is 0. The maximum absolute atomic E-state index is 2.29. The summed E-state index contributed by atoms with van der Waals surface area (Å²) >= 11 is 4.37. The maximum Gasteiger partial charge on any atom is -0.00675 e. The SMILES string of the molecule is CCCCCCSCCCCCCCCSCCCCCC. The van der Waals surface area contributed by atoms with Crippen molar-refractivity contribution >= 4 is 23.5 Å². The van der Waals surface area contributed by atoms with Crippen molar-refractivity contribution < 1.29 is 0 Å². The highest BCUT2D eigenvalue weighted by molar-refractivity contribution is 7.99. The predicted octanol–water partition coefficient (Wildman–Crippen LogP) is 7.95. The molecular weight excluding hydrogens is 304 g/mol. The molecule has 2 heteroatoms. The van der Waals surface area contributed by atoms with Gasteiger partial charge < -0.3 is 0 Å². The molecule has 0 N–H and O–H groups in total. The molecule has 0 bridgehead atoms. The maximum atomic E-state index is 2.29. The topological polar surface area (TPSA) is 0 Å². The highest BCUT2D eigenvalue weighted by Crippen LogP contribution is 2.14. The van der Waals surface area contributed by atoms with Crippen molar-refractivity contribution in [2.75, 3.05) is 23.0 Å². The summed E-state index contributed by atoms with van der Waals surface area (Å²) in [4.78, 5) is 0. The van der Waals surface area contributed by atoms with Crippen LogP contribution in [0.3, 0.4) is 0 Å². The molecule has 22 heavy (non-hydrogen) atoms. The van der Waals surface area contributed by atoms with Crippen LogP contribution < -0.4 is 0 Å². The summed E-state index contributed by atoms with van der Waals surface area (Å²) in [5.41, 5.74) is 0. The van der Waals surface area contributed by atoms with Crippen LogP contribution in [-0.2, 0) is 0 Å². The fourth-order valence-corrected chi connectivity index (χ4v) is 4.62. The van der Waals surface area contributed by atoms with Crippen LogP contribution >= 0.6 is 23.5 Å². The van der Waals surface area contributed by atoms with Gasteiger partial charge in [0.25, 0.3) is 0 Å². The summed E-state index contributed by atoms with van der Waals surface area (Å²) in [5, 5.41) is 0. The van der Waals surface area contributed by atoms with Crippen LogP contribution in [0.5, 0.6) is 0 Å². The highest BCUT2D eigenvalue weighted by atomic mass is 32.2. The molecule has 0 aromatic carbocycles. The van der Waals surface area contributed by atoms with Gasteiger partial charge in [0.05, 0.1) is 0 Å². The smallest absolute Gasteiger partial charge is 0.00675 e. The Bertz CT molecular complexity index is 163. The van der Waals surface area contributed by atoms with E-state index in [1.165, 1.54) is 113 Å². The Kier molecular flexibility index (Phi) is 22.4. The Morgan fingerprint density at radius 3 is 0.955 bits per heavy atom. The van der Waals surface area contributed by atoms with Crippen molar-refractivity contribution in [3.05, 3.63) is 0 Å². The quantitative estimate of drug-likeness (QED) is 0.218. The zero-order valence-electron chi connectivity index (χ0n) is 15.5. The molecule has 0 nitrogen and oxygen atoms in total. The second-order valence-corrected chi connectivity index (χ2v) is 8.92. The van der Waals surface area contributed by atoms with Crippen molar-refractivity contribution in [3.63, 3.8) is 0 Å². The van der Waals surface area contributed by atoms with E-state index in [2.05, 4.69) is 37.4 Å². The number of rotatable bonds is 19. The Morgan fingerprint density at radius 1 is 0.364 bits per heavy atom. The Hall–Kier alpha value is 0.700. The highest BCUT2D eigenvalue weighted by Gasteiger charge is 1.94. The van der Waals surface area contributed by atoms with Crippen molar-refractivity contribution in [1.82, 2.24) is 0 Å². The lowest BCUT2D eigenvalue weighted by Gasteiger charge is -2.03. The summed E-state index contributed by atoms with van der Waals surface area (Å²) in [6.07, 6.45) is 20.1. The van der Waals surface area contributed by atoms with Gasteiger partial charge >= 0.3 is 0 Å². The van der Waals surface area contributed by atoms with Gasteiger partial charge in [0.1, 0.15) is 0 Å². The van der Waals surface area contributed by atoms with E-state index >= 15 is 0 Å². The fraction of sp³-hybridized carbons (Fsp3) is 1.00. The molecule has 0 spiro atoms. The molecule has 0 amide bonds. The van der Waals surface area contributed by atoms with E-state index in [1.807, 2.05) is 0 Å². The largest absolute Gasteiger partial charge is 0.162 e. The molecule has 0 saturated heterocycles. The molecule has 0 aliphatic carbocycles. The van der Waals surface area contributed by atoms with Gasteiger partial charge in [-0.25, -0.2) is 0 Å². The lowest BCUT2D eigenvalue weighted by atomic mass is 10.1. The Morgan fingerprint density at radius 2 is 0.636 bits per heavy atom. The van der Waals surface area contributed by atoms with Crippen LogP contribution in [0.25, 0.3) is 0 Å². The van der Waals surface area contributed by atoms with E-state index < -0.39 is 0 Å². The third-order valence-electron chi connectivity index (χ3n) is 4.11. The summed E-state index contributed by atoms with van der Waals surface area (Å²) in [7, 11) is 0. The summed E-state index contributed by atoms with van der Waals surface area (Å²) in [5.74, 6) is 5.60. The fourth-order valence-electron chi connectivity index (χ4n) is 2.58. The number of hydrogen-bond donors (Lipinski definition) is 0. The van der Waals surface area contributed by atoms with Gasteiger partial charge in [-0.15, -0.1) is 0 Å². The average molecular weight is 347 g/mol. The van der Waals surface area contributed by atoms with Gasteiger partial charge in [-0.1, -0.05) is 78.1 Å². The molecule has 0 rings (SSSR count). The minimum Gasteiger partial charge on any atom is -0.162 e. The van der Waals surface area contributed by atoms with Crippen molar-refractivity contribution in [2.45, 2.75) is 104 Å². The molecule has 0 saturated carbocycles. The normalized spacial score (nSPS) is 11.2. The number of unbranched alkanes of at least 4 members (excludes halogenated alkanes) is 11. The van der Waals surface area contributed by atoms with Crippen LogP contribution in [0.15, 0.2) is 0 Å². The molecular formula is C20H42S2. The van der Waals surface area contributed by atoms with Crippen LogP contribution in [-0.4, -0.2) is 23.0 Å². The average Bonchev–Trinajstić information content (AvgIpc) is 2.54. The second-order valence-electron chi connectivity index (χ2n) is 6.47. The number of thioether (sulfide) groups is 2. The predicted molar refractivity (Wildman–Crippen MR) is 111 cm³/mol. The Labute approximate surface area is 150 Å². The minimum absolute atomic E-state index is 1.36. The first-order valence-corrected chi connectivity index (χ1v) is 12.4. The third kappa shape index (κ3) is 20.7. The lowest BCUT2D eigenvalue weighted by Crippen LogP contribution is -1.88. The Balaban J connectivity index is 2.91. The van der Waals surface area contributed by atoms with E-state index in [0.29, 0.717) is 0 Å². The molecule has 0 unspecified atom stereocenters. The van der Waals surface area contributed by atoms with Crippen molar-refractivity contribution in [2.24, 2.45) is 0 Å². The van der Waals surface area contributed by atoms with Crippen LogP contribution in [0.2, 0.25) is 0 Å². The standard InChI is InChI=1S/C20H42S2/c1-3-5-7-13-17-21-19-15-11-9-10-12-16-20-22-18-14-8-6-4-2/h3-20H2,1-2H3. The van der Waals surface area contributed by atoms with Crippen molar-refractivity contribution in [3.8, 4) is 0 Å². The van der Waals surface area contributed by atoms with E-state index in [0.717, 1.165) is 0 Å². The van der Waals surface area contributed by atoms with Gasteiger partial charge in [-0.3, -0.25) is 0 Å². The number of hydrogen-bond acceptors (Lipinski definition) is 2. The lowest BCUT2D eigenvalue weighted by molar-refractivity contribution is 0.629. The van der Waals surface area contributed by atoms with Crippen molar-refractivity contribution in [1.29, 1.82) is 0 Å². The minimum atomic E-state index is 1.36. The van der Waals surface area contributed by atoms with Gasteiger partial charge in [-0.05, 0) is 48.7 Å². The molecule has 0 fully saturated rings.